The third-order valence-electron chi connectivity index (χ3n) is 6.62. The second-order valence-corrected chi connectivity index (χ2v) is 10.8. The third kappa shape index (κ3) is 5.16. The molecule has 2 N–H and O–H groups in total. The molecular formula is C24H34N2O3S. The molecule has 1 aliphatic heterocycles. The van der Waals surface area contributed by atoms with Gasteiger partial charge < -0.3 is 19.8 Å². The largest absolute Gasteiger partial charge is 0.490 e. The van der Waals surface area contributed by atoms with Crippen molar-refractivity contribution in [2.45, 2.75) is 65.3 Å². The molecule has 30 heavy (non-hydrogen) atoms. The highest BCUT2D eigenvalue weighted by Gasteiger charge is 2.31. The van der Waals surface area contributed by atoms with E-state index in [4.69, 9.17) is 19.9 Å². The Hall–Kier alpha value is -1.63. The van der Waals surface area contributed by atoms with Crippen LogP contribution in [0.5, 0.6) is 5.75 Å². The van der Waals surface area contributed by atoms with Crippen molar-refractivity contribution in [2.24, 2.45) is 17.3 Å². The monoisotopic (exact) mass is 430 g/mol. The standard InChI is InChI=1S/C24H34N2O3S/c1-24(2,3)18-6-10-20(11-7-18)29-19-8-4-17(5-9-19)21-15-30-23(25-21)26-13-16(14-26)12-22(27)28/h4-5,8-9,15-16,18,20,22,27-28H,6-7,10-14H2,1-3H3/t18-,20-. The van der Waals surface area contributed by atoms with Crippen LogP contribution in [0, 0.1) is 17.3 Å². The van der Waals surface area contributed by atoms with Crippen LogP contribution < -0.4 is 9.64 Å². The molecule has 2 aliphatic rings. The maximum atomic E-state index is 9.08. The first-order valence-electron chi connectivity index (χ1n) is 11.1. The van der Waals surface area contributed by atoms with Crippen LogP contribution in [0.3, 0.4) is 0 Å². The smallest absolute Gasteiger partial charge is 0.185 e. The third-order valence-corrected chi connectivity index (χ3v) is 7.52. The Morgan fingerprint density at radius 2 is 1.77 bits per heavy atom. The van der Waals surface area contributed by atoms with Crippen LogP contribution in [-0.2, 0) is 0 Å². The Kier molecular flexibility index (Phi) is 6.37. The van der Waals surface area contributed by atoms with Crippen molar-refractivity contribution >= 4 is 16.5 Å². The van der Waals surface area contributed by atoms with Gasteiger partial charge in [-0.2, -0.15) is 0 Å². The van der Waals surface area contributed by atoms with Crippen molar-refractivity contribution in [3.05, 3.63) is 29.6 Å². The van der Waals surface area contributed by atoms with Crippen molar-refractivity contribution in [1.29, 1.82) is 0 Å². The Morgan fingerprint density at radius 1 is 1.10 bits per heavy atom. The maximum Gasteiger partial charge on any atom is 0.185 e. The van der Waals surface area contributed by atoms with Gasteiger partial charge in [-0.1, -0.05) is 20.8 Å². The Balaban J connectivity index is 1.29. The quantitative estimate of drug-likeness (QED) is 0.636. The van der Waals surface area contributed by atoms with Crippen LogP contribution in [-0.4, -0.2) is 40.7 Å². The van der Waals surface area contributed by atoms with Crippen molar-refractivity contribution < 1.29 is 14.9 Å². The van der Waals surface area contributed by atoms with Gasteiger partial charge in [0, 0.05) is 30.5 Å². The van der Waals surface area contributed by atoms with Crippen molar-refractivity contribution in [3.63, 3.8) is 0 Å². The summed E-state index contributed by atoms with van der Waals surface area (Å²) >= 11 is 1.64. The van der Waals surface area contributed by atoms with Gasteiger partial charge in [0.1, 0.15) is 5.75 Å². The van der Waals surface area contributed by atoms with E-state index in [2.05, 4.69) is 55.3 Å². The number of aliphatic hydroxyl groups is 2. The molecular weight excluding hydrogens is 396 g/mol. The zero-order valence-electron chi connectivity index (χ0n) is 18.3. The fourth-order valence-corrected chi connectivity index (χ4v) is 5.51. The van der Waals surface area contributed by atoms with Gasteiger partial charge in [0.05, 0.1) is 11.8 Å². The highest BCUT2D eigenvalue weighted by molar-refractivity contribution is 7.14. The van der Waals surface area contributed by atoms with E-state index in [1.54, 1.807) is 11.3 Å². The molecule has 2 aromatic rings. The average Bonchev–Trinajstić information content (AvgIpc) is 3.14. The van der Waals surface area contributed by atoms with E-state index in [1.165, 1.54) is 12.8 Å². The number of benzene rings is 1. The molecule has 164 valence electrons. The van der Waals surface area contributed by atoms with Crippen LogP contribution in [0.4, 0.5) is 5.13 Å². The fraction of sp³-hybridized carbons (Fsp3) is 0.625. The second-order valence-electron chi connectivity index (χ2n) is 9.98. The summed E-state index contributed by atoms with van der Waals surface area (Å²) in [5.41, 5.74) is 2.48. The van der Waals surface area contributed by atoms with Crippen molar-refractivity contribution in [2.75, 3.05) is 18.0 Å². The van der Waals surface area contributed by atoms with E-state index in [0.717, 1.165) is 54.0 Å². The van der Waals surface area contributed by atoms with Gasteiger partial charge in [-0.15, -0.1) is 11.3 Å². The zero-order valence-corrected chi connectivity index (χ0v) is 19.1. The van der Waals surface area contributed by atoms with Gasteiger partial charge in [0.2, 0.25) is 0 Å². The Morgan fingerprint density at radius 3 is 2.37 bits per heavy atom. The minimum Gasteiger partial charge on any atom is -0.490 e. The summed E-state index contributed by atoms with van der Waals surface area (Å²) in [7, 11) is 0. The van der Waals surface area contributed by atoms with Crippen molar-refractivity contribution in [1.82, 2.24) is 4.98 Å². The highest BCUT2D eigenvalue weighted by Crippen LogP contribution is 2.39. The summed E-state index contributed by atoms with van der Waals surface area (Å²) in [5.74, 6) is 2.09. The molecule has 0 bridgehead atoms. The maximum absolute atomic E-state index is 9.08. The Labute approximate surface area is 183 Å². The summed E-state index contributed by atoms with van der Waals surface area (Å²) in [6.45, 7) is 8.73. The summed E-state index contributed by atoms with van der Waals surface area (Å²) in [4.78, 5) is 6.97. The molecule has 0 unspecified atom stereocenters. The molecule has 1 saturated carbocycles. The lowest BCUT2D eigenvalue weighted by Crippen LogP contribution is -2.47. The van der Waals surface area contributed by atoms with E-state index >= 15 is 0 Å². The SMILES string of the molecule is CC(C)(C)[C@H]1CC[C@H](Oc2ccc(-c3csc(N4CC(CC(O)O)C4)n3)cc2)CC1. The minimum absolute atomic E-state index is 0.331. The lowest BCUT2D eigenvalue weighted by molar-refractivity contribution is -0.0581. The number of aromatic nitrogens is 1. The predicted molar refractivity (Wildman–Crippen MR) is 122 cm³/mol. The molecule has 1 saturated heterocycles. The van der Waals surface area contributed by atoms with Gasteiger partial charge in [-0.25, -0.2) is 4.98 Å². The first-order valence-corrected chi connectivity index (χ1v) is 12.0. The van der Waals surface area contributed by atoms with Crippen molar-refractivity contribution in [3.8, 4) is 17.0 Å². The molecule has 4 rings (SSSR count). The summed E-state index contributed by atoms with van der Waals surface area (Å²) in [5, 5.41) is 21.3. The molecule has 1 aliphatic carbocycles. The van der Waals surface area contributed by atoms with Gasteiger partial charge in [0.15, 0.2) is 11.4 Å². The van der Waals surface area contributed by atoms with E-state index in [9.17, 15) is 0 Å². The number of hydrogen-bond acceptors (Lipinski definition) is 6. The average molecular weight is 431 g/mol. The van der Waals surface area contributed by atoms with Gasteiger partial charge in [-0.05, 0) is 67.2 Å². The normalized spacial score (nSPS) is 22.9. The Bertz CT molecular complexity index is 814. The molecule has 2 fully saturated rings. The minimum atomic E-state index is -1.21. The van der Waals surface area contributed by atoms with Crippen LogP contribution in [0.1, 0.15) is 52.9 Å². The molecule has 0 radical (unpaired) electrons. The number of rotatable bonds is 6. The molecule has 1 aromatic carbocycles. The topological polar surface area (TPSA) is 65.8 Å². The van der Waals surface area contributed by atoms with Crippen LogP contribution >= 0.6 is 11.3 Å². The number of anilines is 1. The molecule has 5 nitrogen and oxygen atoms in total. The number of nitrogens with zero attached hydrogens (tertiary/aromatic N) is 2. The molecule has 6 heteroatoms. The van der Waals surface area contributed by atoms with E-state index in [-0.39, 0.29) is 0 Å². The lowest BCUT2D eigenvalue weighted by atomic mass is 9.72. The lowest BCUT2D eigenvalue weighted by Gasteiger charge is -2.39. The van der Waals surface area contributed by atoms with Crippen LogP contribution in [0.15, 0.2) is 29.6 Å². The molecule has 0 amide bonds. The zero-order chi connectivity index (χ0) is 21.3. The summed E-state index contributed by atoms with van der Waals surface area (Å²) in [6, 6.07) is 8.31. The molecule has 1 aromatic heterocycles. The first-order chi connectivity index (χ1) is 14.3. The van der Waals surface area contributed by atoms with E-state index in [0.29, 0.717) is 23.9 Å². The first kappa shape index (κ1) is 21.6. The number of ether oxygens (including phenoxy) is 1. The van der Waals surface area contributed by atoms with Crippen LogP contribution in [0.2, 0.25) is 0 Å². The van der Waals surface area contributed by atoms with E-state index in [1.807, 2.05) is 0 Å². The van der Waals surface area contributed by atoms with Crippen LogP contribution in [0.25, 0.3) is 11.3 Å². The molecule has 0 atom stereocenters. The number of thiazole rings is 1. The summed E-state index contributed by atoms with van der Waals surface area (Å²) < 4.78 is 6.25. The van der Waals surface area contributed by atoms with Gasteiger partial charge in [0.25, 0.3) is 0 Å². The predicted octanol–water partition coefficient (Wildman–Crippen LogP) is 4.93. The molecule has 0 spiro atoms. The molecule has 2 heterocycles. The van der Waals surface area contributed by atoms with Gasteiger partial charge >= 0.3 is 0 Å². The second kappa shape index (κ2) is 8.85. The number of aliphatic hydroxyl groups excluding tert-OH is 1. The summed E-state index contributed by atoms with van der Waals surface area (Å²) in [6.07, 6.45) is 4.35. The van der Waals surface area contributed by atoms with Gasteiger partial charge in [-0.3, -0.25) is 0 Å². The van der Waals surface area contributed by atoms with E-state index < -0.39 is 6.29 Å². The fourth-order valence-electron chi connectivity index (χ4n) is 4.66. The number of hydrogen-bond donors (Lipinski definition) is 2. The highest BCUT2D eigenvalue weighted by atomic mass is 32.1.